The summed E-state index contributed by atoms with van der Waals surface area (Å²) >= 11 is 0. The number of carbonyl (C=O) groups excluding carboxylic acids is 1. The van der Waals surface area contributed by atoms with Gasteiger partial charge in [-0.15, -0.1) is 0 Å². The molecule has 1 atom stereocenters. The van der Waals surface area contributed by atoms with E-state index in [9.17, 15) is 19.1 Å². The number of carboxylic acid groups (broad SMARTS) is 1. The topological polar surface area (TPSA) is 75.6 Å². The molecule has 6 heteroatoms. The Hall–Kier alpha value is -1.95. The van der Waals surface area contributed by atoms with Crippen LogP contribution in [0.3, 0.4) is 0 Å². The second-order valence-corrected chi connectivity index (χ2v) is 5.31. The fourth-order valence-electron chi connectivity index (χ4n) is 1.94. The fourth-order valence-corrected chi connectivity index (χ4v) is 1.94. The molecule has 114 valence electrons. The van der Waals surface area contributed by atoms with Gasteiger partial charge in [0.15, 0.2) is 6.04 Å². The Bertz CT molecular complexity index is 542. The van der Waals surface area contributed by atoms with Gasteiger partial charge in [0.1, 0.15) is 12.4 Å². The van der Waals surface area contributed by atoms with Crippen molar-refractivity contribution >= 4 is 11.9 Å². The lowest BCUT2D eigenvalue weighted by molar-refractivity contribution is -0.142. The molecule has 1 aliphatic rings. The number of benzene rings is 1. The van der Waals surface area contributed by atoms with Gasteiger partial charge in [0.2, 0.25) is 5.91 Å². The molecule has 1 unspecified atom stereocenters. The summed E-state index contributed by atoms with van der Waals surface area (Å²) in [4.78, 5) is 23.0. The highest BCUT2D eigenvalue weighted by Gasteiger charge is 2.24. The SMILES string of the molecule is Cc1cc(C(NC(=O)COCC2CC2)C(=O)O)ccc1F. The first-order chi connectivity index (χ1) is 9.97. The summed E-state index contributed by atoms with van der Waals surface area (Å²) in [5.41, 5.74) is 0.662. The van der Waals surface area contributed by atoms with Gasteiger partial charge in [-0.3, -0.25) is 4.79 Å². The van der Waals surface area contributed by atoms with E-state index < -0.39 is 23.7 Å². The molecule has 1 aliphatic carbocycles. The number of carboxylic acids is 1. The highest BCUT2D eigenvalue weighted by atomic mass is 19.1. The van der Waals surface area contributed by atoms with Gasteiger partial charge < -0.3 is 15.2 Å². The summed E-state index contributed by atoms with van der Waals surface area (Å²) < 4.78 is 18.4. The minimum Gasteiger partial charge on any atom is -0.479 e. The molecule has 0 aromatic heterocycles. The van der Waals surface area contributed by atoms with Crippen LogP contribution in [0.15, 0.2) is 18.2 Å². The van der Waals surface area contributed by atoms with Crippen LogP contribution in [0.5, 0.6) is 0 Å². The predicted octanol–water partition coefficient (Wildman–Crippen LogP) is 1.80. The Morgan fingerprint density at radius 3 is 2.76 bits per heavy atom. The van der Waals surface area contributed by atoms with Crippen molar-refractivity contribution in [2.75, 3.05) is 13.2 Å². The van der Waals surface area contributed by atoms with Crippen molar-refractivity contribution in [3.05, 3.63) is 35.1 Å². The maximum Gasteiger partial charge on any atom is 0.330 e. The van der Waals surface area contributed by atoms with E-state index in [0.29, 0.717) is 23.7 Å². The van der Waals surface area contributed by atoms with Crippen LogP contribution in [-0.2, 0) is 14.3 Å². The number of hydrogen-bond donors (Lipinski definition) is 2. The molecule has 0 heterocycles. The molecule has 0 radical (unpaired) electrons. The smallest absolute Gasteiger partial charge is 0.330 e. The quantitative estimate of drug-likeness (QED) is 0.804. The fraction of sp³-hybridized carbons (Fsp3) is 0.467. The Labute approximate surface area is 122 Å². The monoisotopic (exact) mass is 295 g/mol. The molecule has 2 rings (SSSR count). The van der Waals surface area contributed by atoms with Crippen LogP contribution < -0.4 is 5.32 Å². The average molecular weight is 295 g/mol. The Balaban J connectivity index is 1.95. The zero-order valence-electron chi connectivity index (χ0n) is 11.8. The number of amides is 1. The second-order valence-electron chi connectivity index (χ2n) is 5.31. The van der Waals surface area contributed by atoms with Crippen LogP contribution in [0.1, 0.15) is 30.0 Å². The van der Waals surface area contributed by atoms with Gasteiger partial charge in [-0.05, 0) is 42.9 Å². The van der Waals surface area contributed by atoms with E-state index in [4.69, 9.17) is 4.74 Å². The molecule has 0 aliphatic heterocycles. The zero-order valence-corrected chi connectivity index (χ0v) is 11.8. The number of nitrogens with one attached hydrogen (secondary N) is 1. The Kier molecular flexibility index (Phi) is 4.90. The molecule has 0 saturated heterocycles. The van der Waals surface area contributed by atoms with Crippen LogP contribution in [0.2, 0.25) is 0 Å². The molecule has 1 saturated carbocycles. The number of halogens is 1. The van der Waals surface area contributed by atoms with Gasteiger partial charge in [-0.1, -0.05) is 12.1 Å². The summed E-state index contributed by atoms with van der Waals surface area (Å²) in [5.74, 6) is -1.57. The highest BCUT2D eigenvalue weighted by Crippen LogP contribution is 2.28. The lowest BCUT2D eigenvalue weighted by atomic mass is 10.0. The molecule has 21 heavy (non-hydrogen) atoms. The van der Waals surface area contributed by atoms with Crippen LogP contribution in [-0.4, -0.2) is 30.2 Å². The van der Waals surface area contributed by atoms with E-state index in [0.717, 1.165) is 12.8 Å². The van der Waals surface area contributed by atoms with E-state index in [1.165, 1.54) is 25.1 Å². The zero-order chi connectivity index (χ0) is 15.4. The number of aryl methyl sites for hydroxylation is 1. The number of aliphatic carboxylic acids is 1. The lowest BCUT2D eigenvalue weighted by Crippen LogP contribution is -2.36. The summed E-state index contributed by atoms with van der Waals surface area (Å²) in [6, 6.07) is 2.75. The van der Waals surface area contributed by atoms with Crippen molar-refractivity contribution in [3.8, 4) is 0 Å². The molecule has 0 spiro atoms. The van der Waals surface area contributed by atoms with Crippen LogP contribution in [0, 0.1) is 18.7 Å². The molecule has 5 nitrogen and oxygen atoms in total. The Morgan fingerprint density at radius 1 is 1.48 bits per heavy atom. The summed E-state index contributed by atoms with van der Waals surface area (Å²) in [5, 5.41) is 11.6. The molecule has 1 amide bonds. The molecular weight excluding hydrogens is 277 g/mol. The molecule has 1 fully saturated rings. The van der Waals surface area contributed by atoms with Gasteiger partial charge in [0.05, 0.1) is 6.61 Å². The van der Waals surface area contributed by atoms with E-state index >= 15 is 0 Å². The largest absolute Gasteiger partial charge is 0.479 e. The van der Waals surface area contributed by atoms with Crippen molar-refractivity contribution < 1.29 is 23.8 Å². The second kappa shape index (κ2) is 6.67. The van der Waals surface area contributed by atoms with Gasteiger partial charge in [0.25, 0.3) is 0 Å². The summed E-state index contributed by atoms with van der Waals surface area (Å²) in [7, 11) is 0. The van der Waals surface area contributed by atoms with E-state index in [1.807, 2.05) is 0 Å². The van der Waals surface area contributed by atoms with Gasteiger partial charge in [-0.2, -0.15) is 0 Å². The summed E-state index contributed by atoms with van der Waals surface area (Å²) in [6.07, 6.45) is 2.24. The minimum atomic E-state index is -1.21. The number of carbonyl (C=O) groups is 2. The van der Waals surface area contributed by atoms with Crippen molar-refractivity contribution in [1.29, 1.82) is 0 Å². The predicted molar refractivity (Wildman–Crippen MR) is 73.2 cm³/mol. The Morgan fingerprint density at radius 2 is 2.19 bits per heavy atom. The van der Waals surface area contributed by atoms with E-state index in [1.54, 1.807) is 0 Å². The molecule has 1 aromatic rings. The highest BCUT2D eigenvalue weighted by molar-refractivity contribution is 5.85. The minimum absolute atomic E-state index is 0.166. The first-order valence-electron chi connectivity index (χ1n) is 6.83. The molecule has 2 N–H and O–H groups in total. The molecular formula is C15H18FNO4. The maximum absolute atomic E-state index is 13.2. The number of rotatable bonds is 7. The van der Waals surface area contributed by atoms with E-state index in [2.05, 4.69) is 5.32 Å². The summed E-state index contributed by atoms with van der Waals surface area (Å²) in [6.45, 7) is 1.90. The van der Waals surface area contributed by atoms with Gasteiger partial charge in [0, 0.05) is 0 Å². The first-order valence-corrected chi connectivity index (χ1v) is 6.83. The third kappa shape index (κ3) is 4.53. The van der Waals surface area contributed by atoms with Crippen LogP contribution in [0.4, 0.5) is 4.39 Å². The van der Waals surface area contributed by atoms with Crippen LogP contribution in [0.25, 0.3) is 0 Å². The van der Waals surface area contributed by atoms with Crippen molar-refractivity contribution in [3.63, 3.8) is 0 Å². The number of hydrogen-bond acceptors (Lipinski definition) is 3. The standard InChI is InChI=1S/C15H18FNO4/c1-9-6-11(4-5-12(9)16)14(15(19)20)17-13(18)8-21-7-10-2-3-10/h4-6,10,14H,2-3,7-8H2,1H3,(H,17,18)(H,19,20). The molecule has 0 bridgehead atoms. The first kappa shape index (κ1) is 15.4. The molecule has 1 aromatic carbocycles. The van der Waals surface area contributed by atoms with Crippen LogP contribution >= 0.6 is 0 Å². The van der Waals surface area contributed by atoms with Crippen molar-refractivity contribution in [2.45, 2.75) is 25.8 Å². The third-order valence-corrected chi connectivity index (χ3v) is 3.35. The van der Waals surface area contributed by atoms with Gasteiger partial charge in [-0.25, -0.2) is 9.18 Å². The van der Waals surface area contributed by atoms with Crippen molar-refractivity contribution in [1.82, 2.24) is 5.32 Å². The number of ether oxygens (including phenoxy) is 1. The van der Waals surface area contributed by atoms with E-state index in [-0.39, 0.29) is 6.61 Å². The van der Waals surface area contributed by atoms with Crippen molar-refractivity contribution in [2.24, 2.45) is 5.92 Å². The normalized spacial score (nSPS) is 15.5. The maximum atomic E-state index is 13.2. The lowest BCUT2D eigenvalue weighted by Gasteiger charge is -2.15. The van der Waals surface area contributed by atoms with Gasteiger partial charge >= 0.3 is 5.97 Å². The average Bonchev–Trinajstić information content (AvgIpc) is 3.23. The third-order valence-electron chi connectivity index (χ3n) is 3.35.